The maximum Gasteiger partial charge on any atom is 0.247 e. The van der Waals surface area contributed by atoms with Crippen molar-refractivity contribution in [2.45, 2.75) is 25.9 Å². The Labute approximate surface area is 164 Å². The molecule has 1 aliphatic heterocycles. The molecule has 0 atom stereocenters. The Hall–Kier alpha value is -2.99. The van der Waals surface area contributed by atoms with Crippen molar-refractivity contribution in [3.63, 3.8) is 0 Å². The second-order valence-electron chi connectivity index (χ2n) is 7.12. The first-order chi connectivity index (χ1) is 13.8. The largest absolute Gasteiger partial charge is 0.419 e. The van der Waals surface area contributed by atoms with Gasteiger partial charge in [0, 0.05) is 18.0 Å². The van der Waals surface area contributed by atoms with Gasteiger partial charge >= 0.3 is 0 Å². The minimum Gasteiger partial charge on any atom is -0.419 e. The van der Waals surface area contributed by atoms with E-state index in [1.165, 1.54) is 0 Å². The summed E-state index contributed by atoms with van der Waals surface area (Å²) < 4.78 is 5.79. The predicted molar refractivity (Wildman–Crippen MR) is 106 cm³/mol. The van der Waals surface area contributed by atoms with Crippen LogP contribution in [-0.4, -0.2) is 34.1 Å². The third-order valence-corrected chi connectivity index (χ3v) is 5.11. The molecular weight excluding hydrogens is 352 g/mol. The number of hydrogen-bond acceptors (Lipinski definition) is 5. The second-order valence-corrected chi connectivity index (χ2v) is 7.12. The molecule has 6 heteroatoms. The van der Waals surface area contributed by atoms with Crippen LogP contribution in [0.3, 0.4) is 0 Å². The summed E-state index contributed by atoms with van der Waals surface area (Å²) in [5.74, 6) is 1.38. The van der Waals surface area contributed by atoms with Crippen LogP contribution >= 0.6 is 0 Å². The Morgan fingerprint density at radius 2 is 1.68 bits per heavy atom. The van der Waals surface area contributed by atoms with Gasteiger partial charge in [0.15, 0.2) is 0 Å². The molecule has 0 bridgehead atoms. The maximum absolute atomic E-state index is 12.4. The summed E-state index contributed by atoms with van der Waals surface area (Å²) >= 11 is 0. The first kappa shape index (κ1) is 18.4. The number of benzene rings is 2. The van der Waals surface area contributed by atoms with Gasteiger partial charge in [0.25, 0.3) is 0 Å². The Balaban J connectivity index is 1.24. The molecule has 1 aliphatic rings. The molecular formula is C22H24N4O2. The van der Waals surface area contributed by atoms with Crippen molar-refractivity contribution in [1.82, 2.24) is 20.4 Å². The van der Waals surface area contributed by atoms with E-state index in [1.54, 1.807) is 0 Å². The predicted octanol–water partition coefficient (Wildman–Crippen LogP) is 3.27. The van der Waals surface area contributed by atoms with E-state index in [9.17, 15) is 4.79 Å². The zero-order valence-corrected chi connectivity index (χ0v) is 15.8. The molecule has 0 radical (unpaired) electrons. The van der Waals surface area contributed by atoms with Crippen molar-refractivity contribution in [2.24, 2.45) is 5.92 Å². The number of nitrogens with zero attached hydrogens (tertiary/aromatic N) is 3. The first-order valence-corrected chi connectivity index (χ1v) is 9.70. The van der Waals surface area contributed by atoms with Crippen LogP contribution in [0.2, 0.25) is 0 Å². The summed E-state index contributed by atoms with van der Waals surface area (Å²) in [7, 11) is 0. The van der Waals surface area contributed by atoms with Crippen molar-refractivity contribution in [3.05, 3.63) is 72.1 Å². The highest BCUT2D eigenvalue weighted by Gasteiger charge is 2.25. The molecule has 2 aromatic carbocycles. The van der Waals surface area contributed by atoms with E-state index in [0.29, 0.717) is 24.9 Å². The second kappa shape index (κ2) is 8.80. The van der Waals surface area contributed by atoms with E-state index >= 15 is 0 Å². The molecule has 0 saturated carbocycles. The summed E-state index contributed by atoms with van der Waals surface area (Å²) in [6.45, 7) is 2.92. The molecule has 1 N–H and O–H groups in total. The summed E-state index contributed by atoms with van der Waals surface area (Å²) in [5, 5.41) is 11.4. The van der Waals surface area contributed by atoms with Gasteiger partial charge in [0.2, 0.25) is 17.7 Å². The average Bonchev–Trinajstić information content (AvgIpc) is 3.22. The lowest BCUT2D eigenvalue weighted by Crippen LogP contribution is -2.40. The molecule has 0 unspecified atom stereocenters. The van der Waals surface area contributed by atoms with E-state index in [1.807, 2.05) is 60.7 Å². The molecule has 1 fully saturated rings. The number of nitrogens with one attached hydrogen (secondary N) is 1. The van der Waals surface area contributed by atoms with Crippen LogP contribution in [0.1, 0.15) is 24.3 Å². The van der Waals surface area contributed by atoms with E-state index in [0.717, 1.165) is 37.1 Å². The molecule has 1 aromatic heterocycles. The third kappa shape index (κ3) is 4.64. The Morgan fingerprint density at radius 1 is 1.00 bits per heavy atom. The molecule has 1 amide bonds. The fraction of sp³-hybridized carbons (Fsp3) is 0.318. The number of piperidine rings is 1. The average molecular weight is 376 g/mol. The van der Waals surface area contributed by atoms with Gasteiger partial charge in [-0.05, 0) is 43.6 Å². The van der Waals surface area contributed by atoms with E-state index in [4.69, 9.17) is 4.42 Å². The lowest BCUT2D eigenvalue weighted by Gasteiger charge is -2.30. The van der Waals surface area contributed by atoms with Crippen LogP contribution in [0.4, 0.5) is 0 Å². The fourth-order valence-electron chi connectivity index (χ4n) is 3.49. The number of likely N-dealkylation sites (tertiary alicyclic amines) is 1. The molecule has 6 nitrogen and oxygen atoms in total. The van der Waals surface area contributed by atoms with Crippen molar-refractivity contribution in [2.75, 3.05) is 13.1 Å². The quantitative estimate of drug-likeness (QED) is 0.715. The maximum atomic E-state index is 12.4. The van der Waals surface area contributed by atoms with Gasteiger partial charge in [0.05, 0.1) is 6.54 Å². The van der Waals surface area contributed by atoms with Gasteiger partial charge in [0.1, 0.15) is 0 Å². The Kier molecular flexibility index (Phi) is 5.77. The van der Waals surface area contributed by atoms with Gasteiger partial charge in [-0.25, -0.2) is 0 Å². The lowest BCUT2D eigenvalue weighted by molar-refractivity contribution is -0.126. The minimum absolute atomic E-state index is 0.0718. The van der Waals surface area contributed by atoms with Gasteiger partial charge in [-0.3, -0.25) is 9.69 Å². The van der Waals surface area contributed by atoms with Crippen molar-refractivity contribution < 1.29 is 9.21 Å². The monoisotopic (exact) mass is 376 g/mol. The molecule has 0 aliphatic carbocycles. The van der Waals surface area contributed by atoms with Crippen molar-refractivity contribution in [3.8, 4) is 11.5 Å². The van der Waals surface area contributed by atoms with Crippen LogP contribution in [0.5, 0.6) is 0 Å². The minimum atomic E-state index is 0.0718. The number of carbonyl (C=O) groups excluding carboxylic acids is 1. The normalized spacial score (nSPS) is 15.4. The number of amides is 1. The van der Waals surface area contributed by atoms with Gasteiger partial charge < -0.3 is 9.73 Å². The smallest absolute Gasteiger partial charge is 0.247 e. The molecule has 2 heterocycles. The van der Waals surface area contributed by atoms with Crippen molar-refractivity contribution >= 4 is 5.91 Å². The van der Waals surface area contributed by atoms with E-state index in [2.05, 4.69) is 20.4 Å². The number of aromatic nitrogens is 2. The van der Waals surface area contributed by atoms with Crippen molar-refractivity contribution in [1.29, 1.82) is 0 Å². The Morgan fingerprint density at radius 3 is 2.39 bits per heavy atom. The number of rotatable bonds is 6. The summed E-state index contributed by atoms with van der Waals surface area (Å²) in [6.07, 6.45) is 1.70. The highest BCUT2D eigenvalue weighted by molar-refractivity contribution is 5.78. The van der Waals surface area contributed by atoms with Gasteiger partial charge in [-0.15, -0.1) is 10.2 Å². The summed E-state index contributed by atoms with van der Waals surface area (Å²) in [4.78, 5) is 14.7. The third-order valence-electron chi connectivity index (χ3n) is 5.11. The topological polar surface area (TPSA) is 71.3 Å². The highest BCUT2D eigenvalue weighted by Crippen LogP contribution is 2.21. The molecule has 28 heavy (non-hydrogen) atoms. The standard InChI is InChI=1S/C22H24N4O2/c27-21(23-15-17-7-3-1-4-8-17)18-11-13-26(14-12-18)16-20-24-25-22(28-20)19-9-5-2-6-10-19/h1-10,18H,11-16H2,(H,23,27). The summed E-state index contributed by atoms with van der Waals surface area (Å²) in [6, 6.07) is 19.8. The fourth-order valence-corrected chi connectivity index (χ4v) is 3.49. The molecule has 144 valence electrons. The number of hydrogen-bond donors (Lipinski definition) is 1. The van der Waals surface area contributed by atoms with Crippen LogP contribution in [-0.2, 0) is 17.9 Å². The molecule has 1 saturated heterocycles. The lowest BCUT2D eigenvalue weighted by atomic mass is 9.96. The Bertz CT molecular complexity index is 887. The first-order valence-electron chi connectivity index (χ1n) is 9.70. The van der Waals surface area contributed by atoms with Gasteiger partial charge in [-0.2, -0.15) is 0 Å². The summed E-state index contributed by atoms with van der Waals surface area (Å²) in [5.41, 5.74) is 2.05. The SMILES string of the molecule is O=C(NCc1ccccc1)C1CCN(Cc2nnc(-c3ccccc3)o2)CC1. The van der Waals surface area contributed by atoms with Crippen LogP contribution in [0.15, 0.2) is 65.1 Å². The van der Waals surface area contributed by atoms with Crippen LogP contribution < -0.4 is 5.32 Å². The van der Waals surface area contributed by atoms with Crippen LogP contribution in [0.25, 0.3) is 11.5 Å². The van der Waals surface area contributed by atoms with E-state index in [-0.39, 0.29) is 11.8 Å². The van der Waals surface area contributed by atoms with Crippen LogP contribution in [0, 0.1) is 5.92 Å². The molecule has 0 spiro atoms. The zero-order chi connectivity index (χ0) is 19.2. The number of carbonyl (C=O) groups is 1. The molecule has 4 rings (SSSR count). The van der Waals surface area contributed by atoms with E-state index < -0.39 is 0 Å². The van der Waals surface area contributed by atoms with Gasteiger partial charge in [-0.1, -0.05) is 48.5 Å². The zero-order valence-electron chi connectivity index (χ0n) is 15.8. The molecule has 3 aromatic rings. The highest BCUT2D eigenvalue weighted by atomic mass is 16.4.